The van der Waals surface area contributed by atoms with Gasteiger partial charge in [-0.05, 0) is 61.7 Å². The zero-order valence-electron chi connectivity index (χ0n) is 18.1. The highest BCUT2D eigenvalue weighted by atomic mass is 16.7. The van der Waals surface area contributed by atoms with Crippen LogP contribution >= 0.6 is 0 Å². The van der Waals surface area contributed by atoms with Gasteiger partial charge < -0.3 is 23.8 Å². The van der Waals surface area contributed by atoms with E-state index in [1.54, 1.807) is 7.11 Å². The molecule has 5 heteroatoms. The van der Waals surface area contributed by atoms with Gasteiger partial charge in [0.2, 0.25) is 6.79 Å². The molecule has 0 radical (unpaired) electrons. The third kappa shape index (κ3) is 5.01. The summed E-state index contributed by atoms with van der Waals surface area (Å²) in [5.74, 6) is 4.24. The van der Waals surface area contributed by atoms with Gasteiger partial charge in [0.05, 0.1) is 13.7 Å². The van der Waals surface area contributed by atoms with Crippen LogP contribution in [0.2, 0.25) is 0 Å². The lowest BCUT2D eigenvalue weighted by Gasteiger charge is -2.39. The van der Waals surface area contributed by atoms with Gasteiger partial charge in [0.25, 0.3) is 0 Å². The minimum absolute atomic E-state index is 0.285. The van der Waals surface area contributed by atoms with Crippen molar-refractivity contribution in [2.75, 3.05) is 40.1 Å². The Morgan fingerprint density at radius 1 is 1.00 bits per heavy atom. The van der Waals surface area contributed by atoms with Crippen molar-refractivity contribution in [2.45, 2.75) is 38.5 Å². The first-order chi connectivity index (χ1) is 14.8. The predicted molar refractivity (Wildman–Crippen MR) is 118 cm³/mol. The van der Waals surface area contributed by atoms with E-state index in [9.17, 15) is 0 Å². The van der Waals surface area contributed by atoms with E-state index < -0.39 is 0 Å². The molecule has 0 unspecified atom stereocenters. The molecule has 2 aliphatic rings. The first-order valence-electron chi connectivity index (χ1n) is 11.2. The summed E-state index contributed by atoms with van der Waals surface area (Å²) in [5.41, 5.74) is 1.38. The molecule has 0 aromatic heterocycles. The zero-order valence-corrected chi connectivity index (χ0v) is 18.1. The summed E-state index contributed by atoms with van der Waals surface area (Å²) in [5, 5.41) is 0. The molecule has 30 heavy (non-hydrogen) atoms. The number of benzene rings is 2. The molecule has 2 atom stereocenters. The number of piperidine rings is 1. The smallest absolute Gasteiger partial charge is 0.231 e. The average molecular weight is 412 g/mol. The van der Waals surface area contributed by atoms with Crippen LogP contribution in [0.1, 0.15) is 44.1 Å². The van der Waals surface area contributed by atoms with Gasteiger partial charge in [-0.3, -0.25) is 0 Å². The first-order valence-corrected chi connectivity index (χ1v) is 11.2. The van der Waals surface area contributed by atoms with Crippen LogP contribution in [0, 0.1) is 5.92 Å². The van der Waals surface area contributed by atoms with Gasteiger partial charge in [-0.2, -0.15) is 0 Å². The van der Waals surface area contributed by atoms with Gasteiger partial charge in [0.1, 0.15) is 11.5 Å². The number of hydrogen-bond acceptors (Lipinski definition) is 5. The van der Waals surface area contributed by atoms with E-state index in [1.807, 2.05) is 18.2 Å². The molecule has 2 aliphatic heterocycles. The summed E-state index contributed by atoms with van der Waals surface area (Å²) in [6.07, 6.45) is 5.00. The van der Waals surface area contributed by atoms with E-state index in [0.717, 1.165) is 42.5 Å². The summed E-state index contributed by atoms with van der Waals surface area (Å²) >= 11 is 0. The molecule has 0 spiro atoms. The molecule has 4 rings (SSSR count). The van der Waals surface area contributed by atoms with E-state index in [4.69, 9.17) is 18.9 Å². The normalized spacial score (nSPS) is 20.9. The second-order valence-corrected chi connectivity index (χ2v) is 8.26. The molecule has 5 nitrogen and oxygen atoms in total. The zero-order chi connectivity index (χ0) is 20.8. The third-order valence-electron chi connectivity index (χ3n) is 6.25. The molecule has 162 valence electrons. The second kappa shape index (κ2) is 10.1. The summed E-state index contributed by atoms with van der Waals surface area (Å²) < 4.78 is 22.5. The Bertz CT molecular complexity index is 807. The van der Waals surface area contributed by atoms with E-state index in [0.29, 0.717) is 18.4 Å². The predicted octanol–water partition coefficient (Wildman–Crippen LogP) is 5.10. The van der Waals surface area contributed by atoms with E-state index in [2.05, 4.69) is 36.1 Å². The van der Waals surface area contributed by atoms with Crippen LogP contribution < -0.4 is 18.9 Å². The van der Waals surface area contributed by atoms with Gasteiger partial charge in [-0.15, -0.1) is 0 Å². The molecule has 2 aromatic rings. The maximum atomic E-state index is 6.25. The highest BCUT2D eigenvalue weighted by Gasteiger charge is 2.31. The molecule has 0 aliphatic carbocycles. The number of rotatable bonds is 9. The van der Waals surface area contributed by atoms with Crippen LogP contribution in [0.5, 0.6) is 23.0 Å². The minimum Gasteiger partial charge on any atom is -0.497 e. The van der Waals surface area contributed by atoms with Crippen LogP contribution in [-0.2, 0) is 0 Å². The molecule has 2 heterocycles. The molecule has 0 amide bonds. The molecule has 0 saturated carbocycles. The number of nitrogens with zero attached hydrogens (tertiary/aromatic N) is 1. The van der Waals surface area contributed by atoms with Crippen LogP contribution in [-0.4, -0.2) is 45.0 Å². The lowest BCUT2D eigenvalue weighted by atomic mass is 9.80. The van der Waals surface area contributed by atoms with E-state index >= 15 is 0 Å². The molecule has 1 saturated heterocycles. The highest BCUT2D eigenvalue weighted by Crippen LogP contribution is 2.37. The van der Waals surface area contributed by atoms with Crippen LogP contribution in [0.15, 0.2) is 42.5 Å². The minimum atomic E-state index is 0.285. The van der Waals surface area contributed by atoms with Gasteiger partial charge in [0.15, 0.2) is 11.5 Å². The maximum absolute atomic E-state index is 6.25. The van der Waals surface area contributed by atoms with Gasteiger partial charge in [-0.1, -0.05) is 31.9 Å². The standard InChI is InChI=1S/C25H33NO4/c1-3-4-5-13-26-14-12-23(19-6-8-21(27-2)9-7-19)20(16-26)17-28-22-10-11-24-25(15-22)30-18-29-24/h6-11,15,20,23H,3-5,12-14,16-18H2,1-2H3/t20-,23-/m0/s1. The molecular formula is C25H33NO4. The lowest BCUT2D eigenvalue weighted by molar-refractivity contribution is 0.109. The number of hydrogen-bond donors (Lipinski definition) is 0. The Kier molecular flexibility index (Phi) is 7.00. The molecule has 0 bridgehead atoms. The van der Waals surface area contributed by atoms with Crippen molar-refractivity contribution < 1.29 is 18.9 Å². The Morgan fingerprint density at radius 3 is 2.60 bits per heavy atom. The van der Waals surface area contributed by atoms with Crippen molar-refractivity contribution in [1.29, 1.82) is 0 Å². The van der Waals surface area contributed by atoms with Crippen molar-refractivity contribution in [3.63, 3.8) is 0 Å². The van der Waals surface area contributed by atoms with Crippen molar-refractivity contribution in [3.8, 4) is 23.0 Å². The SMILES string of the molecule is CCCCCN1CC[C@@H](c2ccc(OC)cc2)[C@H](COc2ccc3c(c2)OCO3)C1. The number of unbranched alkanes of at least 4 members (excludes halogenated alkanes) is 2. The van der Waals surface area contributed by atoms with Gasteiger partial charge in [0, 0.05) is 18.5 Å². The van der Waals surface area contributed by atoms with Crippen LogP contribution in [0.4, 0.5) is 0 Å². The maximum Gasteiger partial charge on any atom is 0.231 e. The van der Waals surface area contributed by atoms with E-state index in [1.165, 1.54) is 31.4 Å². The summed E-state index contributed by atoms with van der Waals surface area (Å²) in [4.78, 5) is 2.61. The topological polar surface area (TPSA) is 40.2 Å². The number of fused-ring (bicyclic) bond motifs is 1. The Balaban J connectivity index is 1.44. The Morgan fingerprint density at radius 2 is 1.80 bits per heavy atom. The average Bonchev–Trinajstić information content (AvgIpc) is 3.26. The fourth-order valence-corrected chi connectivity index (χ4v) is 4.52. The van der Waals surface area contributed by atoms with Crippen molar-refractivity contribution in [2.24, 2.45) is 5.92 Å². The Hall–Kier alpha value is -2.40. The number of ether oxygens (including phenoxy) is 4. The molecular weight excluding hydrogens is 378 g/mol. The fourth-order valence-electron chi connectivity index (χ4n) is 4.52. The monoisotopic (exact) mass is 411 g/mol. The third-order valence-corrected chi connectivity index (χ3v) is 6.25. The fraction of sp³-hybridized carbons (Fsp3) is 0.520. The quantitative estimate of drug-likeness (QED) is 0.537. The van der Waals surface area contributed by atoms with Crippen molar-refractivity contribution in [1.82, 2.24) is 4.90 Å². The second-order valence-electron chi connectivity index (χ2n) is 8.26. The molecule has 1 fully saturated rings. The van der Waals surface area contributed by atoms with Crippen molar-refractivity contribution in [3.05, 3.63) is 48.0 Å². The first kappa shape index (κ1) is 20.9. The van der Waals surface area contributed by atoms with Crippen LogP contribution in [0.25, 0.3) is 0 Å². The summed E-state index contributed by atoms with van der Waals surface area (Å²) in [6, 6.07) is 14.4. The lowest BCUT2D eigenvalue weighted by Crippen LogP contribution is -2.42. The number of methoxy groups -OCH3 is 1. The van der Waals surface area contributed by atoms with Crippen LogP contribution in [0.3, 0.4) is 0 Å². The summed E-state index contributed by atoms with van der Waals surface area (Å²) in [6.45, 7) is 6.65. The van der Waals surface area contributed by atoms with Crippen molar-refractivity contribution >= 4 is 0 Å². The van der Waals surface area contributed by atoms with E-state index in [-0.39, 0.29) is 6.79 Å². The largest absolute Gasteiger partial charge is 0.497 e. The Labute approximate surface area is 179 Å². The highest BCUT2D eigenvalue weighted by molar-refractivity contribution is 5.46. The van der Waals surface area contributed by atoms with Gasteiger partial charge >= 0.3 is 0 Å². The molecule has 0 N–H and O–H groups in total. The number of likely N-dealkylation sites (tertiary alicyclic amines) is 1. The van der Waals surface area contributed by atoms with Gasteiger partial charge in [-0.25, -0.2) is 0 Å². The molecule has 2 aromatic carbocycles. The summed E-state index contributed by atoms with van der Waals surface area (Å²) in [7, 11) is 1.71.